The van der Waals surface area contributed by atoms with Crippen LogP contribution in [0.25, 0.3) is 0 Å². The van der Waals surface area contributed by atoms with Gasteiger partial charge in [-0.2, -0.15) is 0 Å². The highest BCUT2D eigenvalue weighted by Crippen LogP contribution is 2.13. The summed E-state index contributed by atoms with van der Waals surface area (Å²) in [5.74, 6) is -1.02. The fourth-order valence-electron chi connectivity index (χ4n) is 2.06. The van der Waals surface area contributed by atoms with Gasteiger partial charge in [0.1, 0.15) is 6.26 Å². The summed E-state index contributed by atoms with van der Waals surface area (Å²) < 4.78 is 10.2. The monoisotopic (exact) mass is 267 g/mol. The van der Waals surface area contributed by atoms with Crippen LogP contribution in [0.4, 0.5) is 5.82 Å². The highest BCUT2D eigenvalue weighted by Gasteiger charge is 2.30. The molecule has 1 aromatic heterocycles. The van der Waals surface area contributed by atoms with Crippen LogP contribution >= 0.6 is 0 Å². The van der Waals surface area contributed by atoms with Gasteiger partial charge in [0.25, 0.3) is 0 Å². The molecular formula is C12H17N3O4. The maximum absolute atomic E-state index is 12.0. The first kappa shape index (κ1) is 13.5. The zero-order chi connectivity index (χ0) is 14.0. The van der Waals surface area contributed by atoms with Gasteiger partial charge in [0.2, 0.25) is 0 Å². The molecule has 2 unspecified atom stereocenters. The Labute approximate surface area is 110 Å². The van der Waals surface area contributed by atoms with E-state index >= 15 is 0 Å². The largest absolute Gasteiger partial charge is 0.372 e. The van der Waals surface area contributed by atoms with Crippen molar-refractivity contribution in [1.82, 2.24) is 10.1 Å². The highest BCUT2D eigenvalue weighted by atomic mass is 16.5. The number of rotatable bonds is 1. The molecule has 7 nitrogen and oxygen atoms in total. The van der Waals surface area contributed by atoms with Crippen LogP contribution in [0.1, 0.15) is 19.4 Å². The first-order chi connectivity index (χ1) is 8.97. The third-order valence-corrected chi connectivity index (χ3v) is 2.88. The lowest BCUT2D eigenvalue weighted by Gasteiger charge is -2.34. The quantitative estimate of drug-likeness (QED) is 0.751. The van der Waals surface area contributed by atoms with E-state index in [0.717, 1.165) is 0 Å². The third-order valence-electron chi connectivity index (χ3n) is 2.88. The second kappa shape index (κ2) is 5.40. The van der Waals surface area contributed by atoms with Crippen molar-refractivity contribution in [3.8, 4) is 0 Å². The Morgan fingerprint density at radius 2 is 2.00 bits per heavy atom. The van der Waals surface area contributed by atoms with E-state index in [1.807, 2.05) is 13.8 Å². The summed E-state index contributed by atoms with van der Waals surface area (Å²) in [5, 5.41) is 6.05. The van der Waals surface area contributed by atoms with Crippen molar-refractivity contribution in [2.75, 3.05) is 18.4 Å². The first-order valence-electron chi connectivity index (χ1n) is 6.14. The van der Waals surface area contributed by atoms with Crippen LogP contribution in [-0.2, 0) is 14.3 Å². The molecule has 0 spiro atoms. The van der Waals surface area contributed by atoms with Gasteiger partial charge in [-0.3, -0.25) is 14.9 Å². The lowest BCUT2D eigenvalue weighted by molar-refractivity contribution is -0.151. The van der Waals surface area contributed by atoms with Crippen LogP contribution < -0.4 is 5.32 Å². The zero-order valence-corrected chi connectivity index (χ0v) is 11.2. The molecule has 1 fully saturated rings. The molecule has 2 atom stereocenters. The highest BCUT2D eigenvalue weighted by molar-refractivity contribution is 6.39. The molecule has 2 amide bonds. The van der Waals surface area contributed by atoms with Crippen LogP contribution in [0.15, 0.2) is 10.8 Å². The van der Waals surface area contributed by atoms with Crippen molar-refractivity contribution in [2.24, 2.45) is 0 Å². The normalized spacial score (nSPS) is 23.2. The Morgan fingerprint density at radius 1 is 1.37 bits per heavy atom. The van der Waals surface area contributed by atoms with Crippen LogP contribution in [0, 0.1) is 6.92 Å². The number of carbonyl (C=O) groups excluding carboxylic acids is 2. The zero-order valence-electron chi connectivity index (χ0n) is 11.2. The summed E-state index contributed by atoms with van der Waals surface area (Å²) in [4.78, 5) is 25.4. The van der Waals surface area contributed by atoms with Gasteiger partial charge in [-0.25, -0.2) is 0 Å². The molecule has 1 aliphatic rings. The topological polar surface area (TPSA) is 84.7 Å². The Balaban J connectivity index is 1.99. The van der Waals surface area contributed by atoms with Crippen molar-refractivity contribution in [3.63, 3.8) is 0 Å². The molecule has 0 radical (unpaired) electrons. The average Bonchev–Trinajstić information content (AvgIpc) is 2.72. The molecule has 0 aliphatic carbocycles. The number of aromatic nitrogens is 1. The van der Waals surface area contributed by atoms with E-state index in [0.29, 0.717) is 18.7 Å². The average molecular weight is 267 g/mol. The number of carbonyl (C=O) groups is 2. The number of amides is 2. The Bertz CT molecular complexity index is 475. The second-order valence-corrected chi connectivity index (χ2v) is 4.77. The van der Waals surface area contributed by atoms with E-state index in [1.54, 1.807) is 6.92 Å². The molecule has 7 heteroatoms. The fraction of sp³-hybridized carbons (Fsp3) is 0.583. The summed E-state index contributed by atoms with van der Waals surface area (Å²) in [6, 6.07) is 0. The summed E-state index contributed by atoms with van der Waals surface area (Å²) >= 11 is 0. The molecule has 0 aromatic carbocycles. The number of hydrogen-bond acceptors (Lipinski definition) is 5. The van der Waals surface area contributed by atoms with E-state index in [9.17, 15) is 9.59 Å². The Kier molecular flexibility index (Phi) is 3.84. The van der Waals surface area contributed by atoms with Crippen LogP contribution in [0.3, 0.4) is 0 Å². The van der Waals surface area contributed by atoms with Crippen molar-refractivity contribution in [3.05, 3.63) is 11.8 Å². The molecule has 0 saturated carbocycles. The number of morpholine rings is 1. The standard InChI is InChI=1S/C12H17N3O4/c1-7-6-18-14-10(7)13-11(16)12(17)15-4-8(2)19-9(3)5-15/h6,8-9H,4-5H2,1-3H3,(H,13,14,16). The Hall–Kier alpha value is -1.89. The lowest BCUT2D eigenvalue weighted by atomic mass is 10.2. The minimum atomic E-state index is -0.710. The van der Waals surface area contributed by atoms with E-state index in [1.165, 1.54) is 11.2 Å². The lowest BCUT2D eigenvalue weighted by Crippen LogP contribution is -2.51. The smallest absolute Gasteiger partial charge is 0.315 e. The molecule has 2 heterocycles. The van der Waals surface area contributed by atoms with Gasteiger partial charge in [-0.1, -0.05) is 5.16 Å². The molecule has 1 aromatic rings. The SMILES string of the molecule is Cc1conc1NC(=O)C(=O)N1CC(C)OC(C)C1. The predicted octanol–water partition coefficient (Wildman–Crippen LogP) is 0.557. The molecular weight excluding hydrogens is 250 g/mol. The van der Waals surface area contributed by atoms with E-state index < -0.39 is 11.8 Å². The predicted molar refractivity (Wildman–Crippen MR) is 66.5 cm³/mol. The third kappa shape index (κ3) is 3.11. The van der Waals surface area contributed by atoms with Gasteiger partial charge in [-0.05, 0) is 20.8 Å². The minimum Gasteiger partial charge on any atom is -0.372 e. The summed E-state index contributed by atoms with van der Waals surface area (Å²) in [6.07, 6.45) is 1.25. The maximum atomic E-state index is 12.0. The van der Waals surface area contributed by atoms with Crippen molar-refractivity contribution >= 4 is 17.6 Å². The van der Waals surface area contributed by atoms with Gasteiger partial charge >= 0.3 is 11.8 Å². The number of anilines is 1. The van der Waals surface area contributed by atoms with Gasteiger partial charge in [0.15, 0.2) is 5.82 Å². The molecule has 104 valence electrons. The van der Waals surface area contributed by atoms with Gasteiger partial charge < -0.3 is 14.2 Å². The first-order valence-corrected chi connectivity index (χ1v) is 6.14. The maximum Gasteiger partial charge on any atom is 0.315 e. The van der Waals surface area contributed by atoms with Crippen molar-refractivity contribution in [2.45, 2.75) is 33.0 Å². The molecule has 2 rings (SSSR count). The van der Waals surface area contributed by atoms with Crippen LogP contribution in [0.2, 0.25) is 0 Å². The van der Waals surface area contributed by atoms with Crippen LogP contribution in [0.5, 0.6) is 0 Å². The van der Waals surface area contributed by atoms with Crippen molar-refractivity contribution in [1.29, 1.82) is 0 Å². The number of nitrogens with zero attached hydrogens (tertiary/aromatic N) is 2. The summed E-state index contributed by atoms with van der Waals surface area (Å²) in [7, 11) is 0. The van der Waals surface area contributed by atoms with E-state index in [4.69, 9.17) is 9.26 Å². The number of ether oxygens (including phenoxy) is 1. The summed E-state index contributed by atoms with van der Waals surface area (Å²) in [6.45, 7) is 6.30. The fourth-order valence-corrected chi connectivity index (χ4v) is 2.06. The van der Waals surface area contributed by atoms with E-state index in [-0.39, 0.29) is 18.0 Å². The minimum absolute atomic E-state index is 0.0747. The Morgan fingerprint density at radius 3 is 2.53 bits per heavy atom. The van der Waals surface area contributed by atoms with Gasteiger partial charge in [0, 0.05) is 18.7 Å². The second-order valence-electron chi connectivity index (χ2n) is 4.77. The van der Waals surface area contributed by atoms with Gasteiger partial charge in [-0.15, -0.1) is 0 Å². The number of aryl methyl sites for hydroxylation is 1. The molecule has 1 N–H and O–H groups in total. The van der Waals surface area contributed by atoms with E-state index in [2.05, 4.69) is 10.5 Å². The molecule has 19 heavy (non-hydrogen) atoms. The number of hydrogen-bond donors (Lipinski definition) is 1. The number of nitrogens with one attached hydrogen (secondary N) is 1. The van der Waals surface area contributed by atoms with Crippen molar-refractivity contribution < 1.29 is 18.8 Å². The molecule has 1 saturated heterocycles. The van der Waals surface area contributed by atoms with Gasteiger partial charge in [0.05, 0.1) is 12.2 Å². The molecule has 0 bridgehead atoms. The summed E-state index contributed by atoms with van der Waals surface area (Å²) in [5.41, 5.74) is 0.671. The molecule has 1 aliphatic heterocycles. The van der Waals surface area contributed by atoms with Crippen LogP contribution in [-0.4, -0.2) is 47.2 Å².